The molecule has 0 saturated heterocycles. The van der Waals surface area contributed by atoms with Crippen LogP contribution in [0.15, 0.2) is 23.1 Å². The third-order valence-electron chi connectivity index (χ3n) is 2.89. The fourth-order valence-corrected chi connectivity index (χ4v) is 2.05. The van der Waals surface area contributed by atoms with E-state index >= 15 is 0 Å². The first kappa shape index (κ1) is 14.7. The molecule has 7 nitrogen and oxygen atoms in total. The molecule has 1 unspecified atom stereocenters. The highest BCUT2D eigenvalue weighted by Crippen LogP contribution is 2.19. The lowest BCUT2D eigenvalue weighted by Crippen LogP contribution is -2.25. The van der Waals surface area contributed by atoms with Gasteiger partial charge in [0.25, 0.3) is 0 Å². The molecule has 1 amide bonds. The lowest BCUT2D eigenvalue weighted by atomic mass is 10.3. The van der Waals surface area contributed by atoms with Crippen LogP contribution in [-0.4, -0.2) is 32.6 Å². The lowest BCUT2D eigenvalue weighted by Gasteiger charge is -2.13. The first-order valence-electron chi connectivity index (χ1n) is 6.04. The van der Waals surface area contributed by atoms with Crippen molar-refractivity contribution in [1.82, 2.24) is 19.6 Å². The fraction of sp³-hybridized carbons (Fsp3) is 0.417. The van der Waals surface area contributed by atoms with E-state index in [0.717, 1.165) is 10.2 Å². The number of nitrogens with one attached hydrogen (secondary N) is 1. The van der Waals surface area contributed by atoms with Crippen molar-refractivity contribution in [3.63, 3.8) is 0 Å². The molecule has 1 atom stereocenters. The summed E-state index contributed by atoms with van der Waals surface area (Å²) in [7, 11) is 1.58. The Balaban J connectivity index is 2.05. The average molecular weight is 342 g/mol. The summed E-state index contributed by atoms with van der Waals surface area (Å²) in [6.45, 7) is 4.04. The Hall–Kier alpha value is -1.67. The van der Waals surface area contributed by atoms with Gasteiger partial charge in [-0.25, -0.2) is 4.68 Å². The number of hydrogen-bond acceptors (Lipinski definition) is 4. The smallest absolute Gasteiger partial charge is 0.249 e. The highest BCUT2D eigenvalue weighted by molar-refractivity contribution is 9.10. The van der Waals surface area contributed by atoms with Crippen LogP contribution >= 0.6 is 15.9 Å². The summed E-state index contributed by atoms with van der Waals surface area (Å²) in [6, 6.07) is -0.410. The van der Waals surface area contributed by atoms with Gasteiger partial charge >= 0.3 is 0 Å². The van der Waals surface area contributed by atoms with Crippen molar-refractivity contribution in [2.75, 3.05) is 12.4 Å². The second kappa shape index (κ2) is 6.19. The van der Waals surface area contributed by atoms with Crippen LogP contribution in [0.4, 0.5) is 5.69 Å². The molecule has 0 spiro atoms. The van der Waals surface area contributed by atoms with E-state index in [-0.39, 0.29) is 5.91 Å². The number of carbonyl (C=O) groups excluding carboxylic acids is 1. The molecule has 0 aromatic carbocycles. The van der Waals surface area contributed by atoms with Crippen LogP contribution in [-0.2, 0) is 16.3 Å². The minimum absolute atomic E-state index is 0.152. The summed E-state index contributed by atoms with van der Waals surface area (Å²) in [5.41, 5.74) is 1.53. The summed E-state index contributed by atoms with van der Waals surface area (Å²) >= 11 is 3.38. The van der Waals surface area contributed by atoms with Gasteiger partial charge in [0.2, 0.25) is 5.91 Å². The second-order valence-electron chi connectivity index (χ2n) is 4.37. The minimum Gasteiger partial charge on any atom is -0.362 e. The molecular weight excluding hydrogens is 326 g/mol. The topological polar surface area (TPSA) is 74.0 Å². The van der Waals surface area contributed by atoms with Crippen LogP contribution in [0.2, 0.25) is 0 Å². The monoisotopic (exact) mass is 341 g/mol. The van der Waals surface area contributed by atoms with Crippen LogP contribution in [0.5, 0.6) is 0 Å². The van der Waals surface area contributed by atoms with E-state index in [1.54, 1.807) is 42.0 Å². The molecule has 0 aliphatic carbocycles. The van der Waals surface area contributed by atoms with Crippen molar-refractivity contribution in [2.24, 2.45) is 0 Å². The number of nitrogens with zero attached hydrogens (tertiary/aromatic N) is 4. The molecular formula is C12H16BrN5O2. The molecule has 8 heteroatoms. The zero-order valence-corrected chi connectivity index (χ0v) is 13.1. The van der Waals surface area contributed by atoms with Gasteiger partial charge in [-0.1, -0.05) is 0 Å². The van der Waals surface area contributed by atoms with Gasteiger partial charge in [0.05, 0.1) is 34.4 Å². The molecule has 2 aromatic heterocycles. The Labute approximate surface area is 125 Å². The molecule has 0 saturated carbocycles. The molecule has 0 bridgehead atoms. The van der Waals surface area contributed by atoms with Crippen LogP contribution in [0.25, 0.3) is 0 Å². The zero-order valence-electron chi connectivity index (χ0n) is 11.5. The summed E-state index contributed by atoms with van der Waals surface area (Å²) in [4.78, 5) is 12.2. The van der Waals surface area contributed by atoms with Crippen molar-refractivity contribution < 1.29 is 9.53 Å². The van der Waals surface area contributed by atoms with E-state index in [1.807, 2.05) is 6.92 Å². The largest absolute Gasteiger partial charge is 0.362 e. The van der Waals surface area contributed by atoms with E-state index in [1.165, 1.54) is 0 Å². The van der Waals surface area contributed by atoms with Crippen LogP contribution < -0.4 is 5.32 Å². The van der Waals surface area contributed by atoms with Gasteiger partial charge < -0.3 is 10.1 Å². The molecule has 1 N–H and O–H groups in total. The number of amides is 1. The average Bonchev–Trinajstić information content (AvgIpc) is 2.98. The fourth-order valence-electron chi connectivity index (χ4n) is 1.78. The van der Waals surface area contributed by atoms with Gasteiger partial charge in [-0.15, -0.1) is 0 Å². The van der Waals surface area contributed by atoms with Crippen LogP contribution in [0, 0.1) is 6.92 Å². The maximum atomic E-state index is 12.2. The number of anilines is 1. The Bertz CT molecular complexity index is 607. The quantitative estimate of drug-likeness (QED) is 0.901. The maximum absolute atomic E-state index is 12.2. The van der Waals surface area contributed by atoms with E-state index in [9.17, 15) is 4.79 Å². The number of methoxy groups -OCH3 is 1. The SMILES string of the molecule is COCn1cc(NC(=O)C(C)n2ncc(Br)c2C)cn1. The predicted octanol–water partition coefficient (Wildman–Crippen LogP) is 1.95. The Morgan fingerprint density at radius 1 is 1.50 bits per heavy atom. The van der Waals surface area contributed by atoms with Gasteiger partial charge in [0.1, 0.15) is 12.8 Å². The molecule has 0 aliphatic rings. The molecule has 0 aliphatic heterocycles. The van der Waals surface area contributed by atoms with E-state index in [4.69, 9.17) is 4.74 Å². The van der Waals surface area contributed by atoms with E-state index < -0.39 is 6.04 Å². The third-order valence-corrected chi connectivity index (χ3v) is 3.67. The Morgan fingerprint density at radius 2 is 2.25 bits per heavy atom. The molecule has 20 heavy (non-hydrogen) atoms. The Morgan fingerprint density at radius 3 is 2.85 bits per heavy atom. The van der Waals surface area contributed by atoms with Crippen molar-refractivity contribution in [3.05, 3.63) is 28.8 Å². The molecule has 2 aromatic rings. The van der Waals surface area contributed by atoms with Gasteiger partial charge in [-0.05, 0) is 29.8 Å². The third kappa shape index (κ3) is 3.07. The predicted molar refractivity (Wildman–Crippen MR) is 77.2 cm³/mol. The normalized spacial score (nSPS) is 12.4. The van der Waals surface area contributed by atoms with Gasteiger partial charge in [0.15, 0.2) is 0 Å². The minimum atomic E-state index is -0.410. The molecule has 2 rings (SSSR count). The summed E-state index contributed by atoms with van der Waals surface area (Å²) in [5.74, 6) is -0.152. The van der Waals surface area contributed by atoms with Crippen molar-refractivity contribution in [2.45, 2.75) is 26.6 Å². The number of carbonyl (C=O) groups is 1. The number of halogens is 1. The number of rotatable bonds is 5. The first-order valence-corrected chi connectivity index (χ1v) is 6.84. The summed E-state index contributed by atoms with van der Waals surface area (Å²) in [5, 5.41) is 11.0. The van der Waals surface area contributed by atoms with Crippen molar-refractivity contribution >= 4 is 27.5 Å². The highest BCUT2D eigenvalue weighted by atomic mass is 79.9. The first-order chi connectivity index (χ1) is 9.52. The Kier molecular flexibility index (Phi) is 4.56. The van der Waals surface area contributed by atoms with Gasteiger partial charge in [0, 0.05) is 7.11 Å². The number of aromatic nitrogens is 4. The van der Waals surface area contributed by atoms with E-state index in [0.29, 0.717) is 12.4 Å². The van der Waals surface area contributed by atoms with Crippen molar-refractivity contribution in [3.8, 4) is 0 Å². The molecule has 2 heterocycles. The van der Waals surface area contributed by atoms with Crippen molar-refractivity contribution in [1.29, 1.82) is 0 Å². The molecule has 0 radical (unpaired) electrons. The standard InChI is InChI=1S/C12H16BrN5O2/c1-8-11(13)5-15-18(8)9(2)12(19)16-10-4-14-17(6-10)7-20-3/h4-6,9H,7H2,1-3H3,(H,16,19). The van der Waals surface area contributed by atoms with Crippen LogP contribution in [0.3, 0.4) is 0 Å². The highest BCUT2D eigenvalue weighted by Gasteiger charge is 2.19. The summed E-state index contributed by atoms with van der Waals surface area (Å²) in [6.07, 6.45) is 4.96. The molecule has 108 valence electrons. The lowest BCUT2D eigenvalue weighted by molar-refractivity contribution is -0.119. The maximum Gasteiger partial charge on any atom is 0.249 e. The summed E-state index contributed by atoms with van der Waals surface area (Å²) < 4.78 is 9.09. The number of ether oxygens (including phenoxy) is 1. The van der Waals surface area contributed by atoms with Gasteiger partial charge in [-0.2, -0.15) is 10.2 Å². The molecule has 0 fully saturated rings. The van der Waals surface area contributed by atoms with Crippen LogP contribution in [0.1, 0.15) is 18.7 Å². The van der Waals surface area contributed by atoms with E-state index in [2.05, 4.69) is 31.4 Å². The second-order valence-corrected chi connectivity index (χ2v) is 5.23. The van der Waals surface area contributed by atoms with Gasteiger partial charge in [-0.3, -0.25) is 9.48 Å². The zero-order chi connectivity index (χ0) is 14.7. The number of hydrogen-bond donors (Lipinski definition) is 1.